The summed E-state index contributed by atoms with van der Waals surface area (Å²) >= 11 is 0. The number of fused-ring (bicyclic) bond motifs is 1. The maximum atomic E-state index is 14.1. The molecule has 8 heteroatoms. The topological polar surface area (TPSA) is 61.4 Å². The molecule has 2 aliphatic heterocycles. The van der Waals surface area contributed by atoms with Crippen molar-refractivity contribution in [3.8, 4) is 28.5 Å². The zero-order valence-electron chi connectivity index (χ0n) is 15.1. The van der Waals surface area contributed by atoms with Gasteiger partial charge in [-0.25, -0.2) is 23.4 Å². The molecule has 0 fully saturated rings. The number of aromatic nitrogens is 6. The Morgan fingerprint density at radius 3 is 2.62 bits per heavy atom. The van der Waals surface area contributed by atoms with Gasteiger partial charge in [0, 0.05) is 12.4 Å². The number of benzene rings is 2. The van der Waals surface area contributed by atoms with Crippen molar-refractivity contribution >= 4 is 0 Å². The van der Waals surface area contributed by atoms with Gasteiger partial charge in [0.05, 0.1) is 30.2 Å². The second-order valence-electron chi connectivity index (χ2n) is 6.51. The lowest BCUT2D eigenvalue weighted by Gasteiger charge is -2.08. The van der Waals surface area contributed by atoms with Crippen LogP contribution in [-0.2, 0) is 6.54 Å². The number of hydrogen-bond donors (Lipinski definition) is 0. The molecule has 0 bridgehead atoms. The van der Waals surface area contributed by atoms with Crippen molar-refractivity contribution < 1.29 is 8.78 Å². The maximum Gasteiger partial charge on any atom is 0.169 e. The number of halogens is 2. The van der Waals surface area contributed by atoms with E-state index < -0.39 is 11.6 Å². The number of nitrogens with zero attached hydrogens (tertiary/aromatic N) is 6. The van der Waals surface area contributed by atoms with E-state index in [0.717, 1.165) is 17.3 Å². The smallest absolute Gasteiger partial charge is 0.169 e. The van der Waals surface area contributed by atoms with E-state index in [0.29, 0.717) is 17.9 Å². The lowest BCUT2D eigenvalue weighted by Crippen LogP contribution is -2.06. The molecule has 6 nitrogen and oxygen atoms in total. The van der Waals surface area contributed by atoms with E-state index in [-0.39, 0.29) is 11.4 Å². The highest BCUT2D eigenvalue weighted by atomic mass is 19.2. The van der Waals surface area contributed by atoms with Gasteiger partial charge in [-0.3, -0.25) is 4.68 Å². The largest absolute Gasteiger partial charge is 0.266 e. The van der Waals surface area contributed by atoms with E-state index >= 15 is 0 Å². The number of hydrogen-bond acceptors (Lipinski definition) is 4. The molecule has 0 aliphatic carbocycles. The number of rotatable bonds is 4. The molecule has 0 unspecified atom stereocenters. The fourth-order valence-electron chi connectivity index (χ4n) is 3.15. The van der Waals surface area contributed by atoms with Gasteiger partial charge in [-0.15, -0.1) is 0 Å². The van der Waals surface area contributed by atoms with Crippen LogP contribution in [0.2, 0.25) is 0 Å². The summed E-state index contributed by atoms with van der Waals surface area (Å²) < 4.78 is 31.1. The van der Waals surface area contributed by atoms with Gasteiger partial charge in [-0.05, 0) is 35.9 Å². The first-order valence-electron chi connectivity index (χ1n) is 8.91. The van der Waals surface area contributed by atoms with E-state index in [1.807, 2.05) is 36.5 Å². The fraction of sp³-hybridized carbons (Fsp3) is 0.0476. The minimum absolute atomic E-state index is 0.0275. The van der Waals surface area contributed by atoms with Gasteiger partial charge >= 0.3 is 0 Å². The number of imidazole rings is 1. The SMILES string of the molecule is Fc1cccc(-c2nc3cnn(Cc4cccc(-n5cccn5)c4)cc-3n2)c1F. The third-order valence-electron chi connectivity index (χ3n) is 4.53. The molecular formula is C21H14F2N6. The molecule has 0 N–H and O–H groups in total. The zero-order chi connectivity index (χ0) is 19.8. The highest BCUT2D eigenvalue weighted by molar-refractivity contribution is 5.65. The Balaban J connectivity index is 1.46. The molecule has 2 aromatic carbocycles. The third kappa shape index (κ3) is 3.25. The van der Waals surface area contributed by atoms with Crippen LogP contribution in [0.1, 0.15) is 5.56 Å². The van der Waals surface area contributed by atoms with Crippen molar-refractivity contribution in [2.45, 2.75) is 6.54 Å². The lowest BCUT2D eigenvalue weighted by atomic mass is 10.2. The molecule has 0 spiro atoms. The zero-order valence-corrected chi connectivity index (χ0v) is 15.1. The van der Waals surface area contributed by atoms with Crippen LogP contribution in [0.25, 0.3) is 28.5 Å². The van der Waals surface area contributed by atoms with Crippen LogP contribution < -0.4 is 0 Å². The average molecular weight is 388 g/mol. The second-order valence-corrected chi connectivity index (χ2v) is 6.51. The van der Waals surface area contributed by atoms with Crippen molar-refractivity contribution in [2.75, 3.05) is 0 Å². The molecule has 3 aromatic rings. The van der Waals surface area contributed by atoms with E-state index in [2.05, 4.69) is 20.2 Å². The van der Waals surface area contributed by atoms with Crippen LogP contribution in [0.4, 0.5) is 8.78 Å². The predicted molar refractivity (Wildman–Crippen MR) is 102 cm³/mol. The Hall–Kier alpha value is -3.94. The lowest BCUT2D eigenvalue weighted by molar-refractivity contribution is 0.510. The van der Waals surface area contributed by atoms with Crippen molar-refractivity contribution in [2.24, 2.45) is 0 Å². The molecule has 2 aliphatic rings. The summed E-state index contributed by atoms with van der Waals surface area (Å²) in [5, 5.41) is 8.60. The molecular weight excluding hydrogens is 374 g/mol. The summed E-state index contributed by atoms with van der Waals surface area (Å²) in [6.45, 7) is 0.515. The molecule has 0 amide bonds. The Bertz CT molecular complexity index is 1260. The van der Waals surface area contributed by atoms with Gasteiger partial charge in [-0.1, -0.05) is 18.2 Å². The predicted octanol–water partition coefficient (Wildman–Crippen LogP) is 3.96. The first-order chi connectivity index (χ1) is 14.2. The van der Waals surface area contributed by atoms with E-state index in [1.54, 1.807) is 28.0 Å². The Morgan fingerprint density at radius 1 is 0.897 bits per heavy atom. The summed E-state index contributed by atoms with van der Waals surface area (Å²) in [4.78, 5) is 8.63. The van der Waals surface area contributed by atoms with Crippen molar-refractivity contribution in [1.82, 2.24) is 29.5 Å². The summed E-state index contributed by atoms with van der Waals surface area (Å²) in [7, 11) is 0. The van der Waals surface area contributed by atoms with Crippen LogP contribution in [0.15, 0.2) is 73.3 Å². The van der Waals surface area contributed by atoms with Crippen molar-refractivity contribution in [3.05, 3.63) is 90.5 Å². The van der Waals surface area contributed by atoms with Gasteiger partial charge in [0.1, 0.15) is 11.4 Å². The third-order valence-corrected chi connectivity index (χ3v) is 4.53. The standard InChI is InChI=1S/C21H14F2N6/c22-17-7-2-6-16(20(17)23)21-26-18-11-25-28(13-19(18)27-21)12-14-4-1-5-15(10-14)29-9-3-8-24-29/h1-11,13H,12H2. The molecule has 0 radical (unpaired) electrons. The normalized spacial score (nSPS) is 11.2. The summed E-state index contributed by atoms with van der Waals surface area (Å²) in [5.41, 5.74) is 3.09. The first-order valence-corrected chi connectivity index (χ1v) is 8.91. The minimum Gasteiger partial charge on any atom is -0.266 e. The van der Waals surface area contributed by atoms with E-state index in [9.17, 15) is 8.78 Å². The monoisotopic (exact) mass is 388 g/mol. The van der Waals surface area contributed by atoms with Crippen molar-refractivity contribution in [3.63, 3.8) is 0 Å². The van der Waals surface area contributed by atoms with Gasteiger partial charge in [0.2, 0.25) is 0 Å². The van der Waals surface area contributed by atoms with Gasteiger partial charge in [0.25, 0.3) is 0 Å². The molecule has 5 rings (SSSR count). The first kappa shape index (κ1) is 17.2. The van der Waals surface area contributed by atoms with Crippen LogP contribution in [0.3, 0.4) is 0 Å². The van der Waals surface area contributed by atoms with Crippen molar-refractivity contribution in [1.29, 1.82) is 0 Å². The molecule has 0 atom stereocenters. The summed E-state index contributed by atoms with van der Waals surface area (Å²) in [5.74, 6) is -1.75. The highest BCUT2D eigenvalue weighted by Crippen LogP contribution is 2.27. The second kappa shape index (κ2) is 6.90. The quantitative estimate of drug-likeness (QED) is 0.468. The van der Waals surface area contributed by atoms with Crippen LogP contribution in [0.5, 0.6) is 0 Å². The van der Waals surface area contributed by atoms with Crippen LogP contribution in [0, 0.1) is 11.6 Å². The maximum absolute atomic E-state index is 14.1. The Labute approximate surface area is 164 Å². The van der Waals surface area contributed by atoms with E-state index in [1.165, 1.54) is 12.1 Å². The van der Waals surface area contributed by atoms with Gasteiger partial charge in [-0.2, -0.15) is 10.2 Å². The van der Waals surface area contributed by atoms with Crippen LogP contribution >= 0.6 is 0 Å². The molecule has 1 aromatic heterocycles. The highest BCUT2D eigenvalue weighted by Gasteiger charge is 2.18. The Kier molecular flexibility index (Phi) is 4.09. The van der Waals surface area contributed by atoms with Gasteiger partial charge in [0.15, 0.2) is 17.5 Å². The minimum atomic E-state index is -0.959. The summed E-state index contributed by atoms with van der Waals surface area (Å²) in [6.07, 6.45) is 6.91. The molecule has 0 saturated carbocycles. The fourth-order valence-corrected chi connectivity index (χ4v) is 3.15. The molecule has 142 valence electrons. The van der Waals surface area contributed by atoms with Crippen LogP contribution in [-0.4, -0.2) is 29.5 Å². The summed E-state index contributed by atoms with van der Waals surface area (Å²) in [6, 6.07) is 13.8. The molecule has 3 heterocycles. The van der Waals surface area contributed by atoms with E-state index in [4.69, 9.17) is 0 Å². The molecule has 0 saturated heterocycles. The average Bonchev–Trinajstić information content (AvgIpc) is 3.40. The Morgan fingerprint density at radius 2 is 1.76 bits per heavy atom. The molecule has 29 heavy (non-hydrogen) atoms. The van der Waals surface area contributed by atoms with Gasteiger partial charge < -0.3 is 0 Å².